The fourth-order valence-electron chi connectivity index (χ4n) is 2.52. The number of sulfonamides is 2. The highest BCUT2D eigenvalue weighted by molar-refractivity contribution is 7.91. The van der Waals surface area contributed by atoms with Crippen LogP contribution in [0.5, 0.6) is 0 Å². The molecular formula is C20H17ClN2O4S2. The van der Waals surface area contributed by atoms with Gasteiger partial charge in [-0.2, -0.15) is 8.42 Å². The number of halogens is 1. The standard InChI is InChI=1S/C20H17ClN2O4S2/c1-23(29(26,27)19-10-6-3-7-11-19)20(16-8-4-2-5-9-16)22-28(24,25)18-14-12-17(21)13-15-18/h2-15H,1H3/b22-20+. The van der Waals surface area contributed by atoms with Gasteiger partial charge >= 0.3 is 0 Å². The van der Waals surface area contributed by atoms with E-state index in [4.69, 9.17) is 11.6 Å². The zero-order valence-corrected chi connectivity index (χ0v) is 17.7. The molecule has 0 heterocycles. The average molecular weight is 449 g/mol. The van der Waals surface area contributed by atoms with E-state index in [0.29, 0.717) is 10.6 Å². The molecule has 0 aliphatic rings. The Kier molecular flexibility index (Phi) is 6.07. The van der Waals surface area contributed by atoms with Crippen molar-refractivity contribution in [1.29, 1.82) is 0 Å². The Balaban J connectivity index is 2.16. The lowest BCUT2D eigenvalue weighted by molar-refractivity contribution is 0.552. The van der Waals surface area contributed by atoms with Crippen molar-refractivity contribution in [3.8, 4) is 0 Å². The summed E-state index contributed by atoms with van der Waals surface area (Å²) < 4.78 is 56.5. The van der Waals surface area contributed by atoms with Crippen LogP contribution >= 0.6 is 11.6 Å². The molecule has 3 aromatic carbocycles. The predicted molar refractivity (Wildman–Crippen MR) is 113 cm³/mol. The number of amidine groups is 1. The predicted octanol–water partition coefficient (Wildman–Crippen LogP) is 3.80. The first-order chi connectivity index (χ1) is 13.7. The van der Waals surface area contributed by atoms with Gasteiger partial charge in [0.15, 0.2) is 5.84 Å². The van der Waals surface area contributed by atoms with Crippen molar-refractivity contribution in [3.63, 3.8) is 0 Å². The summed E-state index contributed by atoms with van der Waals surface area (Å²) >= 11 is 5.82. The Morgan fingerprint density at radius 2 is 1.28 bits per heavy atom. The van der Waals surface area contributed by atoms with Gasteiger partial charge in [0.2, 0.25) is 0 Å². The van der Waals surface area contributed by atoms with Crippen molar-refractivity contribution in [2.24, 2.45) is 4.40 Å². The van der Waals surface area contributed by atoms with Crippen molar-refractivity contribution in [2.45, 2.75) is 9.79 Å². The minimum Gasteiger partial charge on any atom is -0.252 e. The molecule has 0 N–H and O–H groups in total. The van der Waals surface area contributed by atoms with Gasteiger partial charge < -0.3 is 0 Å². The van der Waals surface area contributed by atoms with Crippen molar-refractivity contribution in [1.82, 2.24) is 4.31 Å². The van der Waals surface area contributed by atoms with Crippen molar-refractivity contribution >= 4 is 37.5 Å². The molecule has 0 radical (unpaired) electrons. The van der Waals surface area contributed by atoms with Gasteiger partial charge in [0.1, 0.15) is 0 Å². The average Bonchev–Trinajstić information content (AvgIpc) is 2.73. The van der Waals surface area contributed by atoms with E-state index in [1.165, 1.54) is 43.4 Å². The zero-order valence-electron chi connectivity index (χ0n) is 15.3. The molecule has 0 atom stereocenters. The topological polar surface area (TPSA) is 83.9 Å². The van der Waals surface area contributed by atoms with Crippen molar-refractivity contribution in [3.05, 3.63) is 95.5 Å². The lowest BCUT2D eigenvalue weighted by Crippen LogP contribution is -2.34. The molecule has 6 nitrogen and oxygen atoms in total. The first-order valence-electron chi connectivity index (χ1n) is 8.42. The van der Waals surface area contributed by atoms with Crippen LogP contribution in [0.15, 0.2) is 99.1 Å². The van der Waals surface area contributed by atoms with E-state index in [1.807, 2.05) is 0 Å². The van der Waals surface area contributed by atoms with Gasteiger partial charge in [0.05, 0.1) is 9.79 Å². The van der Waals surface area contributed by atoms with Crippen LogP contribution in [0.25, 0.3) is 0 Å². The summed E-state index contributed by atoms with van der Waals surface area (Å²) in [6, 6.07) is 21.5. The van der Waals surface area contributed by atoms with E-state index in [1.54, 1.807) is 48.5 Å². The van der Waals surface area contributed by atoms with Gasteiger partial charge in [-0.15, -0.1) is 4.40 Å². The number of benzene rings is 3. The highest BCUT2D eigenvalue weighted by Gasteiger charge is 2.27. The Bertz CT molecular complexity index is 1230. The number of nitrogens with zero attached hydrogens (tertiary/aromatic N) is 2. The van der Waals surface area contributed by atoms with Crippen LogP contribution in [-0.4, -0.2) is 34.0 Å². The van der Waals surface area contributed by atoms with Crippen LogP contribution in [0.3, 0.4) is 0 Å². The monoisotopic (exact) mass is 448 g/mol. The van der Waals surface area contributed by atoms with Gasteiger partial charge in [-0.25, -0.2) is 8.42 Å². The maximum atomic E-state index is 13.0. The van der Waals surface area contributed by atoms with Crippen LogP contribution in [0.4, 0.5) is 0 Å². The summed E-state index contributed by atoms with van der Waals surface area (Å²) in [7, 11) is -6.95. The Labute approximate surface area is 175 Å². The third kappa shape index (κ3) is 4.67. The molecular weight excluding hydrogens is 432 g/mol. The molecule has 0 aliphatic carbocycles. The summed E-state index contributed by atoms with van der Waals surface area (Å²) in [5, 5.41) is 0.375. The Morgan fingerprint density at radius 3 is 1.83 bits per heavy atom. The summed E-state index contributed by atoms with van der Waals surface area (Å²) in [6.07, 6.45) is 0. The SMILES string of the molecule is CN(/C(=N/S(=O)(=O)c1ccc(Cl)cc1)c1ccccc1)S(=O)(=O)c1ccccc1. The molecule has 0 amide bonds. The maximum absolute atomic E-state index is 13.0. The normalized spacial score (nSPS) is 12.6. The van der Waals surface area contributed by atoms with Crippen LogP contribution in [0, 0.1) is 0 Å². The Morgan fingerprint density at radius 1 is 0.759 bits per heavy atom. The minimum atomic E-state index is -4.19. The molecule has 9 heteroatoms. The molecule has 150 valence electrons. The molecule has 0 fully saturated rings. The van der Waals surface area contributed by atoms with Gasteiger partial charge in [-0.05, 0) is 36.4 Å². The van der Waals surface area contributed by atoms with Gasteiger partial charge in [-0.3, -0.25) is 4.31 Å². The fraction of sp³-hybridized carbons (Fsp3) is 0.0500. The molecule has 0 spiro atoms. The molecule has 3 aromatic rings. The molecule has 29 heavy (non-hydrogen) atoms. The highest BCUT2D eigenvalue weighted by Crippen LogP contribution is 2.21. The van der Waals surface area contributed by atoms with E-state index in [-0.39, 0.29) is 15.6 Å². The zero-order chi connectivity index (χ0) is 21.1. The van der Waals surface area contributed by atoms with E-state index in [2.05, 4.69) is 4.40 Å². The number of rotatable bonds is 5. The molecule has 0 saturated heterocycles. The van der Waals surface area contributed by atoms with Gasteiger partial charge in [-0.1, -0.05) is 60.1 Å². The molecule has 0 saturated carbocycles. The second-order valence-corrected chi connectivity index (χ2v) is 10.0. The minimum absolute atomic E-state index is 0.0232. The molecule has 0 bridgehead atoms. The van der Waals surface area contributed by atoms with Crippen LogP contribution < -0.4 is 0 Å². The van der Waals surface area contributed by atoms with Crippen LogP contribution in [0.1, 0.15) is 5.56 Å². The highest BCUT2D eigenvalue weighted by atomic mass is 35.5. The lowest BCUT2D eigenvalue weighted by Gasteiger charge is -2.21. The quantitative estimate of drug-likeness (QED) is 0.439. The first kappa shape index (κ1) is 21.0. The summed E-state index contributed by atoms with van der Waals surface area (Å²) in [5.41, 5.74) is 0.340. The van der Waals surface area contributed by atoms with Crippen molar-refractivity contribution in [2.75, 3.05) is 7.05 Å². The first-order valence-corrected chi connectivity index (χ1v) is 11.7. The second kappa shape index (κ2) is 8.36. The third-order valence-electron chi connectivity index (χ3n) is 4.05. The van der Waals surface area contributed by atoms with E-state index in [9.17, 15) is 16.8 Å². The third-order valence-corrected chi connectivity index (χ3v) is 7.35. The van der Waals surface area contributed by atoms with E-state index < -0.39 is 20.0 Å². The van der Waals surface area contributed by atoms with Crippen molar-refractivity contribution < 1.29 is 16.8 Å². The second-order valence-electron chi connectivity index (χ2n) is 6.00. The van der Waals surface area contributed by atoms with Gasteiger partial charge in [0.25, 0.3) is 20.0 Å². The molecule has 0 aromatic heterocycles. The summed E-state index contributed by atoms with van der Waals surface area (Å²) in [6.45, 7) is 0. The lowest BCUT2D eigenvalue weighted by atomic mass is 10.2. The van der Waals surface area contributed by atoms with E-state index >= 15 is 0 Å². The smallest absolute Gasteiger partial charge is 0.252 e. The summed E-state index contributed by atoms with van der Waals surface area (Å²) in [5.74, 6) is -0.218. The largest absolute Gasteiger partial charge is 0.284 e. The van der Waals surface area contributed by atoms with E-state index in [0.717, 1.165) is 4.31 Å². The summed E-state index contributed by atoms with van der Waals surface area (Å²) in [4.78, 5) is -0.0733. The number of hydrogen-bond donors (Lipinski definition) is 0. The molecule has 3 rings (SSSR count). The molecule has 0 aliphatic heterocycles. The fourth-order valence-corrected chi connectivity index (χ4v) is 4.93. The van der Waals surface area contributed by atoms with Crippen LogP contribution in [-0.2, 0) is 20.0 Å². The molecule has 0 unspecified atom stereocenters. The maximum Gasteiger partial charge on any atom is 0.284 e. The van der Waals surface area contributed by atoms with Crippen LogP contribution in [0.2, 0.25) is 5.02 Å². The Hall–Kier alpha value is -2.68. The number of hydrogen-bond acceptors (Lipinski definition) is 4. The van der Waals surface area contributed by atoms with Gasteiger partial charge in [0, 0.05) is 17.6 Å².